The van der Waals surface area contributed by atoms with Crippen LogP contribution >= 0.6 is 0 Å². The Balaban J connectivity index is 1.29. The van der Waals surface area contributed by atoms with Gasteiger partial charge in [0.05, 0.1) is 28.1 Å². The number of fused-ring (bicyclic) bond motifs is 7. The second kappa shape index (κ2) is 8.88. The molecule has 0 aliphatic rings. The van der Waals surface area contributed by atoms with E-state index >= 15 is 0 Å². The minimum atomic E-state index is 0.932. The number of hydrogen-bond donors (Lipinski definition) is 1. The van der Waals surface area contributed by atoms with Crippen molar-refractivity contribution < 1.29 is 0 Å². The molecule has 0 radical (unpaired) electrons. The van der Waals surface area contributed by atoms with Crippen molar-refractivity contribution in [3.63, 3.8) is 0 Å². The standard InChI is InChI=1S/C38H24N4/c1-2-11-26-24(10-1)22-25(23-36(26)42-35-20-6-4-13-28(35)30-16-9-21-39-38(30)42)32-18-8-19-34(40-32)31-15-7-14-29-27-12-3-5-17-33(27)41-37(29)31/h1-23,41H. The van der Waals surface area contributed by atoms with Crippen molar-refractivity contribution in [2.45, 2.75) is 0 Å². The third-order valence-electron chi connectivity index (χ3n) is 8.38. The lowest BCUT2D eigenvalue weighted by Gasteiger charge is -2.14. The van der Waals surface area contributed by atoms with Crippen LogP contribution in [0.15, 0.2) is 140 Å². The fourth-order valence-electron chi connectivity index (χ4n) is 6.50. The van der Waals surface area contributed by atoms with Gasteiger partial charge in [-0.05, 0) is 53.9 Å². The van der Waals surface area contributed by atoms with Gasteiger partial charge in [-0.25, -0.2) is 9.97 Å². The molecule has 42 heavy (non-hydrogen) atoms. The molecule has 0 aliphatic heterocycles. The predicted octanol–water partition coefficient (Wildman–Crippen LogP) is 9.70. The fraction of sp³-hybridized carbons (Fsp3) is 0. The molecule has 0 spiro atoms. The van der Waals surface area contributed by atoms with E-state index in [0.29, 0.717) is 0 Å². The summed E-state index contributed by atoms with van der Waals surface area (Å²) in [4.78, 5) is 13.7. The van der Waals surface area contributed by atoms with Gasteiger partial charge >= 0.3 is 0 Å². The highest BCUT2D eigenvalue weighted by molar-refractivity contribution is 6.12. The normalized spacial score (nSPS) is 11.8. The van der Waals surface area contributed by atoms with E-state index in [2.05, 4.69) is 137 Å². The lowest BCUT2D eigenvalue weighted by Crippen LogP contribution is -1.98. The first-order chi connectivity index (χ1) is 20.8. The van der Waals surface area contributed by atoms with Crippen LogP contribution in [-0.4, -0.2) is 19.5 Å². The molecule has 4 nitrogen and oxygen atoms in total. The number of para-hydroxylation sites is 3. The molecule has 196 valence electrons. The highest BCUT2D eigenvalue weighted by Crippen LogP contribution is 2.37. The quantitative estimate of drug-likeness (QED) is 0.244. The minimum absolute atomic E-state index is 0.932. The topological polar surface area (TPSA) is 46.5 Å². The smallest absolute Gasteiger partial charge is 0.145 e. The summed E-state index contributed by atoms with van der Waals surface area (Å²) in [7, 11) is 0. The van der Waals surface area contributed by atoms with Crippen LogP contribution in [-0.2, 0) is 0 Å². The number of hydrogen-bond acceptors (Lipinski definition) is 2. The van der Waals surface area contributed by atoms with Crippen molar-refractivity contribution in [2.24, 2.45) is 0 Å². The van der Waals surface area contributed by atoms with Gasteiger partial charge in [0, 0.05) is 49.8 Å². The molecule has 0 saturated heterocycles. The van der Waals surface area contributed by atoms with E-state index in [1.165, 1.54) is 21.5 Å². The molecule has 0 fully saturated rings. The molecule has 0 saturated carbocycles. The van der Waals surface area contributed by atoms with E-state index in [4.69, 9.17) is 9.97 Å². The number of aromatic nitrogens is 4. The summed E-state index contributed by atoms with van der Waals surface area (Å²) in [6, 6.07) is 47.0. The Morgan fingerprint density at radius 1 is 0.548 bits per heavy atom. The molecule has 9 rings (SSSR count). The van der Waals surface area contributed by atoms with Crippen LogP contribution in [0, 0.1) is 0 Å². The number of nitrogens with zero attached hydrogens (tertiary/aromatic N) is 3. The summed E-state index contributed by atoms with van der Waals surface area (Å²) in [6.07, 6.45) is 1.87. The van der Waals surface area contributed by atoms with Crippen LogP contribution in [0.2, 0.25) is 0 Å². The van der Waals surface area contributed by atoms with Gasteiger partial charge in [-0.2, -0.15) is 0 Å². The van der Waals surface area contributed by atoms with Crippen molar-refractivity contribution in [1.82, 2.24) is 19.5 Å². The molecule has 1 N–H and O–H groups in total. The van der Waals surface area contributed by atoms with Crippen LogP contribution in [0.5, 0.6) is 0 Å². The molecule has 0 amide bonds. The van der Waals surface area contributed by atoms with Gasteiger partial charge in [-0.1, -0.05) is 84.9 Å². The van der Waals surface area contributed by atoms with Crippen molar-refractivity contribution in [3.8, 4) is 28.2 Å². The second-order valence-corrected chi connectivity index (χ2v) is 10.8. The number of nitrogens with one attached hydrogen (secondary N) is 1. The monoisotopic (exact) mass is 536 g/mol. The summed E-state index contributed by atoms with van der Waals surface area (Å²) in [5.41, 5.74) is 9.47. The zero-order valence-electron chi connectivity index (χ0n) is 22.6. The Morgan fingerprint density at radius 3 is 2.24 bits per heavy atom. The third-order valence-corrected chi connectivity index (χ3v) is 8.38. The SMILES string of the molecule is c1cc(-c2cc(-n3c4ccccc4c4cccnc43)c3ccccc3c2)nc(-c2cccc3c2[nH]c2ccccc23)c1. The largest absolute Gasteiger partial charge is 0.354 e. The highest BCUT2D eigenvalue weighted by atomic mass is 15.0. The first kappa shape index (κ1) is 23.0. The van der Waals surface area contributed by atoms with Crippen LogP contribution in [0.3, 0.4) is 0 Å². The van der Waals surface area contributed by atoms with Gasteiger partial charge in [0.25, 0.3) is 0 Å². The molecular formula is C38H24N4. The maximum absolute atomic E-state index is 5.24. The van der Waals surface area contributed by atoms with E-state index in [0.717, 1.165) is 61.2 Å². The Morgan fingerprint density at radius 2 is 1.29 bits per heavy atom. The Kier molecular flexibility index (Phi) is 4.87. The predicted molar refractivity (Wildman–Crippen MR) is 174 cm³/mol. The first-order valence-electron chi connectivity index (χ1n) is 14.2. The Hall–Kier alpha value is -5.74. The molecule has 0 atom stereocenters. The Bertz CT molecular complexity index is 2430. The van der Waals surface area contributed by atoms with Crippen LogP contribution in [0.25, 0.3) is 82.7 Å². The zero-order valence-corrected chi connectivity index (χ0v) is 22.6. The number of aromatic amines is 1. The fourth-order valence-corrected chi connectivity index (χ4v) is 6.50. The van der Waals surface area contributed by atoms with Gasteiger partial charge in [0.1, 0.15) is 5.65 Å². The summed E-state index contributed by atoms with van der Waals surface area (Å²) < 4.78 is 2.30. The van der Waals surface area contributed by atoms with Gasteiger partial charge in [0.2, 0.25) is 0 Å². The molecule has 0 unspecified atom stereocenters. The molecular weight excluding hydrogens is 512 g/mol. The number of H-pyrrole nitrogens is 1. The molecule has 4 aromatic heterocycles. The van der Waals surface area contributed by atoms with Crippen molar-refractivity contribution in [3.05, 3.63) is 140 Å². The lowest BCUT2D eigenvalue weighted by molar-refractivity contribution is 1.15. The van der Waals surface area contributed by atoms with E-state index in [1.807, 2.05) is 12.3 Å². The average Bonchev–Trinajstić information content (AvgIpc) is 3.60. The number of benzene rings is 5. The van der Waals surface area contributed by atoms with Crippen LogP contribution in [0.1, 0.15) is 0 Å². The molecule has 0 bridgehead atoms. The number of pyridine rings is 2. The van der Waals surface area contributed by atoms with Crippen molar-refractivity contribution in [1.29, 1.82) is 0 Å². The van der Waals surface area contributed by atoms with Crippen LogP contribution < -0.4 is 0 Å². The molecule has 9 aromatic rings. The molecule has 5 aromatic carbocycles. The van der Waals surface area contributed by atoms with E-state index < -0.39 is 0 Å². The van der Waals surface area contributed by atoms with Gasteiger partial charge in [0.15, 0.2) is 0 Å². The molecule has 0 aliphatic carbocycles. The average molecular weight is 537 g/mol. The van der Waals surface area contributed by atoms with Crippen molar-refractivity contribution >= 4 is 54.5 Å². The third kappa shape index (κ3) is 3.36. The van der Waals surface area contributed by atoms with Crippen molar-refractivity contribution in [2.75, 3.05) is 0 Å². The molecule has 4 heteroatoms. The van der Waals surface area contributed by atoms with Crippen LogP contribution in [0.4, 0.5) is 0 Å². The second-order valence-electron chi connectivity index (χ2n) is 10.8. The van der Waals surface area contributed by atoms with E-state index in [-0.39, 0.29) is 0 Å². The zero-order chi connectivity index (χ0) is 27.6. The summed E-state index contributed by atoms with van der Waals surface area (Å²) in [6.45, 7) is 0. The Labute approximate surface area is 241 Å². The highest BCUT2D eigenvalue weighted by Gasteiger charge is 2.17. The summed E-state index contributed by atoms with van der Waals surface area (Å²) in [5, 5.41) is 7.12. The number of rotatable bonds is 3. The molecule has 4 heterocycles. The van der Waals surface area contributed by atoms with Gasteiger partial charge in [-0.15, -0.1) is 0 Å². The minimum Gasteiger partial charge on any atom is -0.354 e. The maximum atomic E-state index is 5.24. The summed E-state index contributed by atoms with van der Waals surface area (Å²) >= 11 is 0. The summed E-state index contributed by atoms with van der Waals surface area (Å²) in [5.74, 6) is 0. The van der Waals surface area contributed by atoms with E-state index in [9.17, 15) is 0 Å². The van der Waals surface area contributed by atoms with Gasteiger partial charge in [-0.3, -0.25) is 4.57 Å². The maximum Gasteiger partial charge on any atom is 0.145 e. The van der Waals surface area contributed by atoms with E-state index in [1.54, 1.807) is 0 Å². The lowest BCUT2D eigenvalue weighted by atomic mass is 10.0. The van der Waals surface area contributed by atoms with Gasteiger partial charge < -0.3 is 4.98 Å². The first-order valence-corrected chi connectivity index (χ1v) is 14.2.